The molecule has 1 aliphatic heterocycles. The van der Waals surface area contributed by atoms with Gasteiger partial charge in [-0.2, -0.15) is 0 Å². The van der Waals surface area contributed by atoms with Crippen molar-refractivity contribution in [3.05, 3.63) is 12.2 Å². The van der Waals surface area contributed by atoms with Crippen molar-refractivity contribution in [1.29, 1.82) is 0 Å². The van der Waals surface area contributed by atoms with E-state index in [4.69, 9.17) is 4.74 Å². The molecule has 1 atom stereocenters. The zero-order chi connectivity index (χ0) is 15.7. The van der Waals surface area contributed by atoms with Gasteiger partial charge in [-0.15, -0.1) is 0 Å². The van der Waals surface area contributed by atoms with Gasteiger partial charge in [0.25, 0.3) is 5.91 Å². The first-order valence-corrected chi connectivity index (χ1v) is 6.60. The highest BCUT2D eigenvalue weighted by Crippen LogP contribution is 2.01. The van der Waals surface area contributed by atoms with Crippen LogP contribution < -0.4 is 0 Å². The van der Waals surface area contributed by atoms with E-state index in [0.717, 1.165) is 12.2 Å². The highest BCUT2D eigenvalue weighted by molar-refractivity contribution is 5.91. The molecule has 1 heterocycles. The van der Waals surface area contributed by atoms with E-state index in [9.17, 15) is 19.5 Å². The second-order valence-electron chi connectivity index (χ2n) is 4.17. The maximum atomic E-state index is 11.8. The van der Waals surface area contributed by atoms with Gasteiger partial charge in [0.05, 0.1) is 19.8 Å². The van der Waals surface area contributed by atoms with E-state index in [-0.39, 0.29) is 6.61 Å². The van der Waals surface area contributed by atoms with Crippen LogP contribution in [0.2, 0.25) is 0 Å². The minimum Gasteiger partial charge on any atom is -0.463 e. The third-order valence-corrected chi connectivity index (χ3v) is 2.63. The van der Waals surface area contributed by atoms with Gasteiger partial charge in [0.2, 0.25) is 0 Å². The number of esters is 2. The molecule has 1 aliphatic rings. The summed E-state index contributed by atoms with van der Waals surface area (Å²) in [5.74, 6) is -2.02. The van der Waals surface area contributed by atoms with E-state index in [2.05, 4.69) is 9.47 Å². The topological polar surface area (TPSA) is 102 Å². The maximum absolute atomic E-state index is 11.8. The van der Waals surface area contributed by atoms with Gasteiger partial charge in [0, 0.05) is 25.2 Å². The largest absolute Gasteiger partial charge is 0.463 e. The lowest BCUT2D eigenvalue weighted by molar-refractivity contribution is -0.152. The number of carbonyl (C=O) groups excluding carboxylic acids is 3. The number of ether oxygens (including phenoxy) is 3. The smallest absolute Gasteiger partial charge is 0.331 e. The van der Waals surface area contributed by atoms with Crippen molar-refractivity contribution in [2.24, 2.45) is 0 Å². The van der Waals surface area contributed by atoms with Crippen molar-refractivity contribution in [3.8, 4) is 0 Å². The van der Waals surface area contributed by atoms with Crippen LogP contribution in [-0.4, -0.2) is 73.5 Å². The van der Waals surface area contributed by atoms with Crippen LogP contribution in [0.4, 0.5) is 0 Å². The minimum absolute atomic E-state index is 0.199. The van der Waals surface area contributed by atoms with Crippen LogP contribution in [0, 0.1) is 0 Å². The van der Waals surface area contributed by atoms with E-state index >= 15 is 0 Å². The third-order valence-electron chi connectivity index (χ3n) is 2.63. The van der Waals surface area contributed by atoms with Gasteiger partial charge in [0.1, 0.15) is 6.61 Å². The van der Waals surface area contributed by atoms with E-state index in [0.29, 0.717) is 26.3 Å². The van der Waals surface area contributed by atoms with Crippen LogP contribution in [-0.2, 0) is 28.6 Å². The summed E-state index contributed by atoms with van der Waals surface area (Å²) in [7, 11) is 0. The van der Waals surface area contributed by atoms with Gasteiger partial charge in [0.15, 0.2) is 6.10 Å². The molecule has 8 heteroatoms. The summed E-state index contributed by atoms with van der Waals surface area (Å²) >= 11 is 0. The highest BCUT2D eigenvalue weighted by Gasteiger charge is 2.24. The van der Waals surface area contributed by atoms with Gasteiger partial charge >= 0.3 is 11.9 Å². The van der Waals surface area contributed by atoms with Crippen molar-refractivity contribution in [2.75, 3.05) is 39.5 Å². The second-order valence-corrected chi connectivity index (χ2v) is 4.17. The molecule has 0 radical (unpaired) electrons. The average molecular weight is 301 g/mol. The molecule has 1 fully saturated rings. The summed E-state index contributed by atoms with van der Waals surface area (Å²) in [6.45, 7) is 2.99. The zero-order valence-corrected chi connectivity index (χ0v) is 11.8. The van der Waals surface area contributed by atoms with Gasteiger partial charge in [-0.3, -0.25) is 4.79 Å². The molecule has 1 N–H and O–H groups in total. The number of hydrogen-bond acceptors (Lipinski definition) is 7. The summed E-state index contributed by atoms with van der Waals surface area (Å²) < 4.78 is 14.4. The average Bonchev–Trinajstić information content (AvgIpc) is 2.51. The van der Waals surface area contributed by atoms with Crippen molar-refractivity contribution in [3.63, 3.8) is 0 Å². The monoisotopic (exact) mass is 301 g/mol. The molecule has 118 valence electrons. The first-order valence-electron chi connectivity index (χ1n) is 6.60. The summed E-state index contributed by atoms with van der Waals surface area (Å²) in [5, 5.41) is 9.66. The number of morpholine rings is 1. The molecular weight excluding hydrogens is 282 g/mol. The van der Waals surface area contributed by atoms with Crippen molar-refractivity contribution in [2.45, 2.75) is 13.0 Å². The van der Waals surface area contributed by atoms with Gasteiger partial charge in [-0.25, -0.2) is 9.59 Å². The normalized spacial score (nSPS) is 16.6. The predicted molar refractivity (Wildman–Crippen MR) is 70.1 cm³/mol. The number of aliphatic hydroxyl groups is 1. The molecule has 0 spiro atoms. The number of hydrogen-bond donors (Lipinski definition) is 1. The van der Waals surface area contributed by atoms with E-state index in [1.807, 2.05) is 0 Å². The molecule has 1 amide bonds. The minimum atomic E-state index is -1.43. The quantitative estimate of drug-likeness (QED) is 0.489. The molecule has 8 nitrogen and oxygen atoms in total. The fourth-order valence-electron chi connectivity index (χ4n) is 1.60. The Bertz CT molecular complexity index is 401. The lowest BCUT2D eigenvalue weighted by atomic mass is 10.3. The molecule has 0 bridgehead atoms. The first-order chi connectivity index (χ1) is 10.0. The molecule has 0 aromatic carbocycles. The van der Waals surface area contributed by atoms with Crippen LogP contribution in [0.1, 0.15) is 6.92 Å². The Labute approximate surface area is 122 Å². The maximum Gasteiger partial charge on any atom is 0.331 e. The number of amides is 1. The molecule has 1 unspecified atom stereocenters. The van der Waals surface area contributed by atoms with E-state index < -0.39 is 30.6 Å². The Morgan fingerprint density at radius 2 is 1.76 bits per heavy atom. The van der Waals surface area contributed by atoms with Crippen LogP contribution >= 0.6 is 0 Å². The molecule has 1 saturated heterocycles. The van der Waals surface area contributed by atoms with Crippen LogP contribution in [0.5, 0.6) is 0 Å². The summed E-state index contributed by atoms with van der Waals surface area (Å²) in [6.07, 6.45) is 0.370. The van der Waals surface area contributed by atoms with E-state index in [1.165, 1.54) is 4.90 Å². The van der Waals surface area contributed by atoms with Gasteiger partial charge in [-0.05, 0) is 6.92 Å². The van der Waals surface area contributed by atoms with Crippen molar-refractivity contribution < 1.29 is 33.7 Å². The lowest BCUT2D eigenvalue weighted by Gasteiger charge is -2.28. The fourth-order valence-corrected chi connectivity index (χ4v) is 1.60. The molecular formula is C13H19NO7. The van der Waals surface area contributed by atoms with Gasteiger partial charge < -0.3 is 24.2 Å². The van der Waals surface area contributed by atoms with Crippen molar-refractivity contribution >= 4 is 17.8 Å². The summed E-state index contributed by atoms with van der Waals surface area (Å²) in [5.41, 5.74) is 0. The molecule has 0 aromatic rings. The Morgan fingerprint density at radius 1 is 1.19 bits per heavy atom. The fraction of sp³-hybridized carbons (Fsp3) is 0.615. The first kappa shape index (κ1) is 17.1. The van der Waals surface area contributed by atoms with Crippen LogP contribution in [0.25, 0.3) is 0 Å². The third kappa shape index (κ3) is 6.37. The Balaban J connectivity index is 2.31. The SMILES string of the molecule is CCOC(=O)/C=C/C(=O)OCC(O)C(=O)N1CCOCC1. The molecule has 0 saturated carbocycles. The molecule has 0 aromatic heterocycles. The number of rotatable bonds is 6. The summed E-state index contributed by atoms with van der Waals surface area (Å²) in [6, 6.07) is 0. The summed E-state index contributed by atoms with van der Waals surface area (Å²) in [4.78, 5) is 35.5. The number of carbonyl (C=O) groups is 3. The lowest BCUT2D eigenvalue weighted by Crippen LogP contribution is -2.47. The standard InChI is InChI=1S/C13H19NO7/c1-2-20-11(16)3-4-12(17)21-9-10(15)13(18)14-5-7-19-8-6-14/h3-4,10,15H,2,5-9H2,1H3/b4-3+. The Hall–Kier alpha value is -1.93. The Morgan fingerprint density at radius 3 is 2.33 bits per heavy atom. The molecule has 1 rings (SSSR count). The predicted octanol–water partition coefficient (Wildman–Crippen LogP) is -1.13. The second kappa shape index (κ2) is 9.09. The van der Waals surface area contributed by atoms with Crippen molar-refractivity contribution in [1.82, 2.24) is 4.90 Å². The van der Waals surface area contributed by atoms with E-state index in [1.54, 1.807) is 6.92 Å². The zero-order valence-electron chi connectivity index (χ0n) is 11.8. The number of aliphatic hydroxyl groups excluding tert-OH is 1. The highest BCUT2D eigenvalue weighted by atomic mass is 16.5. The molecule has 21 heavy (non-hydrogen) atoms. The van der Waals surface area contributed by atoms with Gasteiger partial charge in [-0.1, -0.05) is 0 Å². The van der Waals surface area contributed by atoms with Crippen LogP contribution in [0.15, 0.2) is 12.2 Å². The number of nitrogens with zero attached hydrogens (tertiary/aromatic N) is 1. The molecule has 0 aliphatic carbocycles. The van der Waals surface area contributed by atoms with Crippen LogP contribution in [0.3, 0.4) is 0 Å². The Kier molecular flexibility index (Phi) is 7.41.